The summed E-state index contributed by atoms with van der Waals surface area (Å²) in [6.07, 6.45) is 0. The van der Waals surface area contributed by atoms with Crippen LogP contribution in [-0.2, 0) is 4.79 Å². The molecule has 86 valence electrons. The number of rotatable bonds is 3. The van der Waals surface area contributed by atoms with Gasteiger partial charge in [-0.15, -0.1) is 0 Å². The molecule has 1 rings (SSSR count). The first kappa shape index (κ1) is 12.5. The fourth-order valence-corrected chi connectivity index (χ4v) is 2.01. The number of aliphatic hydroxyl groups excluding tert-OH is 1. The molecule has 0 aromatic heterocycles. The van der Waals surface area contributed by atoms with Gasteiger partial charge >= 0.3 is 0 Å². The van der Waals surface area contributed by atoms with Crippen LogP contribution in [0.4, 0.5) is 0 Å². The van der Waals surface area contributed by atoms with Crippen molar-refractivity contribution in [1.29, 1.82) is 0 Å². The highest BCUT2D eigenvalue weighted by Gasteiger charge is 2.44. The third-order valence-corrected chi connectivity index (χ3v) is 3.20. The van der Waals surface area contributed by atoms with E-state index in [-0.39, 0.29) is 23.2 Å². The molecule has 15 heavy (non-hydrogen) atoms. The van der Waals surface area contributed by atoms with Crippen LogP contribution in [0, 0.1) is 0 Å². The Hall–Kier alpha value is -0.590. The van der Waals surface area contributed by atoms with Gasteiger partial charge in [0.25, 0.3) is 5.91 Å². The second-order valence-electron chi connectivity index (χ2n) is 4.61. The lowest BCUT2D eigenvalue weighted by Crippen LogP contribution is -2.50. The molecule has 5 nitrogen and oxygen atoms in total. The van der Waals surface area contributed by atoms with Gasteiger partial charge in [-0.1, -0.05) is 11.8 Å². The molecule has 0 saturated carbocycles. The number of hydrogen-bond acceptors (Lipinski definition) is 5. The molecule has 0 unspecified atom stereocenters. The molecule has 0 aromatic rings. The minimum absolute atomic E-state index is 0.111. The van der Waals surface area contributed by atoms with Gasteiger partial charge in [0.05, 0.1) is 6.61 Å². The maximum atomic E-state index is 11.6. The molecule has 1 aliphatic heterocycles. The Bertz CT molecular complexity index is 298. The fourth-order valence-electron chi connectivity index (χ4n) is 1.14. The van der Waals surface area contributed by atoms with E-state index in [2.05, 4.69) is 10.3 Å². The highest BCUT2D eigenvalue weighted by atomic mass is 32.2. The molecule has 1 amide bonds. The quantitative estimate of drug-likeness (QED) is 0.620. The van der Waals surface area contributed by atoms with Crippen molar-refractivity contribution in [3.05, 3.63) is 0 Å². The van der Waals surface area contributed by atoms with E-state index >= 15 is 0 Å². The maximum absolute atomic E-state index is 11.6. The zero-order valence-electron chi connectivity index (χ0n) is 9.20. The number of nitrogens with two attached hydrogens (primary N) is 1. The number of carbonyl (C=O) groups is 1. The highest BCUT2D eigenvalue weighted by Crippen LogP contribution is 2.32. The Morgan fingerprint density at radius 2 is 2.20 bits per heavy atom. The van der Waals surface area contributed by atoms with Gasteiger partial charge in [0.2, 0.25) is 0 Å². The van der Waals surface area contributed by atoms with E-state index in [0.717, 1.165) is 11.8 Å². The van der Waals surface area contributed by atoms with E-state index in [0.29, 0.717) is 6.54 Å². The summed E-state index contributed by atoms with van der Waals surface area (Å²) < 4.78 is -0.933. The van der Waals surface area contributed by atoms with Crippen LogP contribution < -0.4 is 11.1 Å². The molecule has 0 aliphatic carbocycles. The van der Waals surface area contributed by atoms with Crippen molar-refractivity contribution in [3.8, 4) is 0 Å². The first-order chi connectivity index (χ1) is 6.79. The molecule has 0 bridgehead atoms. The number of carbonyl (C=O) groups excluding carboxylic acids is 1. The van der Waals surface area contributed by atoms with Crippen molar-refractivity contribution in [1.82, 2.24) is 5.32 Å². The summed E-state index contributed by atoms with van der Waals surface area (Å²) in [5.74, 6) is -0.357. The van der Waals surface area contributed by atoms with Crippen LogP contribution in [0.1, 0.15) is 20.8 Å². The number of amidine groups is 1. The first-order valence-corrected chi connectivity index (χ1v) is 5.54. The number of nitrogens with one attached hydrogen (secondary N) is 1. The van der Waals surface area contributed by atoms with Crippen molar-refractivity contribution in [3.63, 3.8) is 0 Å². The molecule has 1 heterocycles. The number of amides is 1. The highest BCUT2D eigenvalue weighted by molar-refractivity contribution is 8.16. The van der Waals surface area contributed by atoms with Gasteiger partial charge in [-0.3, -0.25) is 4.79 Å². The average molecular weight is 231 g/mol. The Kier molecular flexibility index (Phi) is 3.42. The number of hydrogen-bond donors (Lipinski definition) is 3. The SMILES string of the molecule is CC(C)(C)NC[C@]1(CO)SC(N)=NC1=O. The van der Waals surface area contributed by atoms with Crippen LogP contribution >= 0.6 is 11.8 Å². The van der Waals surface area contributed by atoms with Crippen LogP contribution in [0.25, 0.3) is 0 Å². The molecule has 0 saturated heterocycles. The Balaban J connectivity index is 2.68. The lowest BCUT2D eigenvalue weighted by molar-refractivity contribution is -0.120. The maximum Gasteiger partial charge on any atom is 0.268 e. The van der Waals surface area contributed by atoms with E-state index in [1.54, 1.807) is 0 Å². The fraction of sp³-hybridized carbons (Fsp3) is 0.778. The average Bonchev–Trinajstić information content (AvgIpc) is 2.37. The summed E-state index contributed by atoms with van der Waals surface area (Å²) >= 11 is 1.13. The van der Waals surface area contributed by atoms with E-state index in [4.69, 9.17) is 5.73 Å². The van der Waals surface area contributed by atoms with Crippen molar-refractivity contribution >= 4 is 22.8 Å². The molecule has 0 fully saturated rings. The van der Waals surface area contributed by atoms with E-state index in [1.165, 1.54) is 0 Å². The van der Waals surface area contributed by atoms with Gasteiger partial charge in [0.1, 0.15) is 4.75 Å². The van der Waals surface area contributed by atoms with Gasteiger partial charge in [0, 0.05) is 12.1 Å². The van der Waals surface area contributed by atoms with Crippen LogP contribution in [0.5, 0.6) is 0 Å². The smallest absolute Gasteiger partial charge is 0.268 e. The predicted molar refractivity (Wildman–Crippen MR) is 61.8 cm³/mol. The molecule has 0 spiro atoms. The monoisotopic (exact) mass is 231 g/mol. The van der Waals surface area contributed by atoms with Gasteiger partial charge in [-0.05, 0) is 20.8 Å². The van der Waals surface area contributed by atoms with Crippen molar-refractivity contribution in [2.24, 2.45) is 10.7 Å². The molecule has 4 N–H and O–H groups in total. The minimum Gasteiger partial charge on any atom is -0.394 e. The van der Waals surface area contributed by atoms with Gasteiger partial charge in [-0.2, -0.15) is 4.99 Å². The van der Waals surface area contributed by atoms with E-state index in [1.807, 2.05) is 20.8 Å². The minimum atomic E-state index is -0.933. The van der Waals surface area contributed by atoms with Crippen LogP contribution in [0.15, 0.2) is 4.99 Å². The third kappa shape index (κ3) is 2.93. The lowest BCUT2D eigenvalue weighted by atomic mass is 10.1. The standard InChI is InChI=1S/C9H17N3O2S/c1-8(2,3)11-4-9(5-13)6(14)12-7(10)15-9/h11,13H,4-5H2,1-3H3,(H2,10,12,14)/t9-/m1/s1. The molecule has 6 heteroatoms. The van der Waals surface area contributed by atoms with Crippen molar-refractivity contribution in [2.75, 3.05) is 13.2 Å². The molecular formula is C9H17N3O2S. The lowest BCUT2D eigenvalue weighted by Gasteiger charge is -2.28. The van der Waals surface area contributed by atoms with Crippen molar-refractivity contribution in [2.45, 2.75) is 31.1 Å². The number of aliphatic hydroxyl groups is 1. The Morgan fingerprint density at radius 3 is 2.53 bits per heavy atom. The first-order valence-electron chi connectivity index (χ1n) is 4.73. The topological polar surface area (TPSA) is 87.7 Å². The third-order valence-electron chi connectivity index (χ3n) is 2.06. The zero-order chi connectivity index (χ0) is 11.7. The zero-order valence-corrected chi connectivity index (χ0v) is 10.0. The van der Waals surface area contributed by atoms with E-state index < -0.39 is 4.75 Å². The molecule has 1 atom stereocenters. The summed E-state index contributed by atoms with van der Waals surface area (Å²) in [6, 6.07) is 0. The van der Waals surface area contributed by atoms with E-state index in [9.17, 15) is 9.90 Å². The summed E-state index contributed by atoms with van der Waals surface area (Å²) in [4.78, 5) is 15.2. The van der Waals surface area contributed by atoms with Gasteiger partial charge in [0.15, 0.2) is 5.17 Å². The number of aliphatic imine (C=N–C) groups is 1. The predicted octanol–water partition coefficient (Wildman–Crippen LogP) is -0.306. The normalized spacial score (nSPS) is 26.9. The Morgan fingerprint density at radius 1 is 1.60 bits per heavy atom. The largest absolute Gasteiger partial charge is 0.394 e. The number of nitrogens with zero attached hydrogens (tertiary/aromatic N) is 1. The summed E-state index contributed by atoms with van der Waals surface area (Å²) in [6.45, 7) is 6.08. The van der Waals surface area contributed by atoms with Gasteiger partial charge < -0.3 is 16.2 Å². The van der Waals surface area contributed by atoms with Crippen LogP contribution in [0.3, 0.4) is 0 Å². The molecule has 0 radical (unpaired) electrons. The molecular weight excluding hydrogens is 214 g/mol. The summed E-state index contributed by atoms with van der Waals surface area (Å²) in [5, 5.41) is 12.7. The second kappa shape index (κ2) is 4.11. The molecule has 1 aliphatic rings. The van der Waals surface area contributed by atoms with Crippen LogP contribution in [0.2, 0.25) is 0 Å². The summed E-state index contributed by atoms with van der Waals surface area (Å²) in [5.41, 5.74) is 5.36. The molecule has 0 aromatic carbocycles. The van der Waals surface area contributed by atoms with Crippen LogP contribution in [-0.4, -0.2) is 39.6 Å². The van der Waals surface area contributed by atoms with Gasteiger partial charge in [-0.25, -0.2) is 0 Å². The Labute approximate surface area is 93.5 Å². The van der Waals surface area contributed by atoms with Crippen molar-refractivity contribution < 1.29 is 9.90 Å². The number of thioether (sulfide) groups is 1. The second-order valence-corrected chi connectivity index (χ2v) is 6.02. The summed E-state index contributed by atoms with van der Waals surface area (Å²) in [7, 11) is 0.